The van der Waals surface area contributed by atoms with Crippen LogP contribution in [0.1, 0.15) is 17.2 Å². The van der Waals surface area contributed by atoms with Gasteiger partial charge in [0.05, 0.1) is 30.8 Å². The van der Waals surface area contributed by atoms with E-state index in [4.69, 9.17) is 9.47 Å². The van der Waals surface area contributed by atoms with Gasteiger partial charge in [0.1, 0.15) is 5.75 Å². The predicted octanol–water partition coefficient (Wildman–Crippen LogP) is 3.28. The third kappa shape index (κ3) is 5.87. The summed E-state index contributed by atoms with van der Waals surface area (Å²) in [6, 6.07) is 15.1. The molecule has 1 aliphatic rings. The summed E-state index contributed by atoms with van der Waals surface area (Å²) in [6.07, 6.45) is 3.72. The van der Waals surface area contributed by atoms with Crippen molar-refractivity contribution in [1.82, 2.24) is 10.2 Å². The molecule has 3 rings (SSSR count). The summed E-state index contributed by atoms with van der Waals surface area (Å²) < 4.78 is 10.8. The minimum Gasteiger partial charge on any atom is -0.497 e. The van der Waals surface area contributed by atoms with Crippen molar-refractivity contribution in [1.29, 1.82) is 0 Å². The Bertz CT molecular complexity index is 817. The average Bonchev–Trinajstić information content (AvgIpc) is 2.77. The number of hydrogen-bond acceptors (Lipinski definition) is 6. The molecular formula is C22H27N3O4. The fraction of sp³-hybridized carbons (Fsp3) is 0.364. The number of methoxy groups -OCH3 is 1. The molecule has 1 atom stereocenters. The minimum atomic E-state index is -0.356. The zero-order chi connectivity index (χ0) is 20.5. The Kier molecular flexibility index (Phi) is 7.75. The van der Waals surface area contributed by atoms with Gasteiger partial charge in [-0.25, -0.2) is 0 Å². The molecule has 29 heavy (non-hydrogen) atoms. The van der Waals surface area contributed by atoms with Crippen molar-refractivity contribution >= 4 is 11.8 Å². The van der Waals surface area contributed by atoms with Crippen LogP contribution in [-0.2, 0) is 4.74 Å². The molecule has 0 aromatic heterocycles. The first-order valence-electron chi connectivity index (χ1n) is 9.75. The standard InChI is InChI=1S/C22H27N3O4/c1-28-20-10-8-19(9-11-20)22(24-13-15-29-16-14-24)17-23-12-4-6-18-5-2-3-7-21(18)25(26)27/h2-11,22-23H,12-17H2,1H3/b6-4+. The van der Waals surface area contributed by atoms with E-state index < -0.39 is 0 Å². The summed E-state index contributed by atoms with van der Waals surface area (Å²) in [5.74, 6) is 0.842. The SMILES string of the molecule is COc1ccc(C(CNC/C=C/c2ccccc2[N+](=O)[O-])N2CCOCC2)cc1. The zero-order valence-corrected chi connectivity index (χ0v) is 16.6. The molecule has 1 heterocycles. The number of nitro benzene ring substituents is 1. The Morgan fingerprint density at radius 3 is 2.62 bits per heavy atom. The third-order valence-electron chi connectivity index (χ3n) is 5.02. The molecule has 7 heteroatoms. The molecule has 0 bridgehead atoms. The van der Waals surface area contributed by atoms with Gasteiger partial charge in [0.15, 0.2) is 0 Å². The van der Waals surface area contributed by atoms with Crippen molar-refractivity contribution in [2.75, 3.05) is 46.5 Å². The van der Waals surface area contributed by atoms with Gasteiger partial charge >= 0.3 is 0 Å². The van der Waals surface area contributed by atoms with Crippen LogP contribution >= 0.6 is 0 Å². The van der Waals surface area contributed by atoms with Crippen LogP contribution in [0.25, 0.3) is 6.08 Å². The summed E-state index contributed by atoms with van der Waals surface area (Å²) in [4.78, 5) is 13.2. The zero-order valence-electron chi connectivity index (χ0n) is 16.6. The number of benzene rings is 2. The van der Waals surface area contributed by atoms with E-state index in [1.165, 1.54) is 11.6 Å². The van der Waals surface area contributed by atoms with Crippen LogP contribution in [0.3, 0.4) is 0 Å². The first-order chi connectivity index (χ1) is 14.2. The highest BCUT2D eigenvalue weighted by Crippen LogP contribution is 2.24. The van der Waals surface area contributed by atoms with Gasteiger partial charge in [-0.3, -0.25) is 15.0 Å². The van der Waals surface area contributed by atoms with Crippen molar-refractivity contribution in [3.63, 3.8) is 0 Å². The van der Waals surface area contributed by atoms with Crippen molar-refractivity contribution in [2.24, 2.45) is 0 Å². The quantitative estimate of drug-likeness (QED) is 0.398. The number of ether oxygens (including phenoxy) is 2. The van der Waals surface area contributed by atoms with E-state index in [9.17, 15) is 10.1 Å². The molecule has 154 valence electrons. The fourth-order valence-electron chi connectivity index (χ4n) is 3.46. The Balaban J connectivity index is 1.61. The maximum absolute atomic E-state index is 11.1. The van der Waals surface area contributed by atoms with Gasteiger partial charge in [-0.15, -0.1) is 0 Å². The second kappa shape index (κ2) is 10.7. The Labute approximate surface area is 171 Å². The number of nitrogens with one attached hydrogen (secondary N) is 1. The van der Waals surface area contributed by atoms with E-state index >= 15 is 0 Å². The fourth-order valence-corrected chi connectivity index (χ4v) is 3.46. The van der Waals surface area contributed by atoms with Crippen LogP contribution in [0.5, 0.6) is 5.75 Å². The molecule has 2 aromatic carbocycles. The number of nitro groups is 1. The number of para-hydroxylation sites is 1. The summed E-state index contributed by atoms with van der Waals surface area (Å²) >= 11 is 0. The van der Waals surface area contributed by atoms with Gasteiger partial charge in [0.25, 0.3) is 5.69 Å². The van der Waals surface area contributed by atoms with Crippen LogP contribution in [0.2, 0.25) is 0 Å². The van der Waals surface area contributed by atoms with Gasteiger partial charge in [0.2, 0.25) is 0 Å². The van der Waals surface area contributed by atoms with Crippen LogP contribution < -0.4 is 10.1 Å². The molecule has 0 spiro atoms. The van der Waals surface area contributed by atoms with Crippen molar-refractivity contribution in [2.45, 2.75) is 6.04 Å². The predicted molar refractivity (Wildman–Crippen MR) is 113 cm³/mol. The summed E-state index contributed by atoms with van der Waals surface area (Å²) in [7, 11) is 1.67. The third-order valence-corrected chi connectivity index (χ3v) is 5.02. The molecule has 0 saturated carbocycles. The molecule has 1 N–H and O–H groups in total. The molecule has 0 aliphatic carbocycles. The number of rotatable bonds is 9. The molecule has 1 aliphatic heterocycles. The maximum atomic E-state index is 11.1. The highest BCUT2D eigenvalue weighted by molar-refractivity contribution is 5.60. The van der Waals surface area contributed by atoms with Gasteiger partial charge in [0, 0.05) is 38.3 Å². The first kappa shape index (κ1) is 21.0. The normalized spacial score (nSPS) is 16.0. The molecular weight excluding hydrogens is 370 g/mol. The van der Waals surface area contributed by atoms with E-state index in [1.807, 2.05) is 18.2 Å². The van der Waals surface area contributed by atoms with Gasteiger partial charge in [-0.2, -0.15) is 0 Å². The summed E-state index contributed by atoms with van der Waals surface area (Å²) in [5.41, 5.74) is 1.95. The monoisotopic (exact) mass is 397 g/mol. The van der Waals surface area contributed by atoms with Crippen LogP contribution in [0.15, 0.2) is 54.6 Å². The molecule has 1 unspecified atom stereocenters. The molecule has 0 radical (unpaired) electrons. The molecule has 1 fully saturated rings. The highest BCUT2D eigenvalue weighted by atomic mass is 16.6. The molecule has 0 amide bonds. The summed E-state index contributed by atoms with van der Waals surface area (Å²) in [5, 5.41) is 14.6. The van der Waals surface area contributed by atoms with Crippen LogP contribution in [0, 0.1) is 10.1 Å². The molecule has 1 saturated heterocycles. The summed E-state index contributed by atoms with van der Waals surface area (Å²) in [6.45, 7) is 4.67. The van der Waals surface area contributed by atoms with Crippen molar-refractivity contribution in [3.05, 3.63) is 75.8 Å². The average molecular weight is 397 g/mol. The van der Waals surface area contributed by atoms with E-state index in [-0.39, 0.29) is 16.7 Å². The largest absolute Gasteiger partial charge is 0.497 e. The second-order valence-electron chi connectivity index (χ2n) is 6.81. The lowest BCUT2D eigenvalue weighted by Crippen LogP contribution is -2.42. The second-order valence-corrected chi connectivity index (χ2v) is 6.81. The van der Waals surface area contributed by atoms with E-state index in [0.29, 0.717) is 12.1 Å². The Morgan fingerprint density at radius 1 is 1.21 bits per heavy atom. The van der Waals surface area contributed by atoms with Crippen LogP contribution in [0.4, 0.5) is 5.69 Å². The van der Waals surface area contributed by atoms with Crippen LogP contribution in [-0.4, -0.2) is 56.3 Å². The maximum Gasteiger partial charge on any atom is 0.276 e. The first-order valence-corrected chi connectivity index (χ1v) is 9.75. The van der Waals surface area contributed by atoms with Gasteiger partial charge < -0.3 is 14.8 Å². The van der Waals surface area contributed by atoms with Crippen molar-refractivity contribution in [3.8, 4) is 5.75 Å². The molecule has 2 aromatic rings. The highest BCUT2D eigenvalue weighted by Gasteiger charge is 2.22. The lowest BCUT2D eigenvalue weighted by molar-refractivity contribution is -0.385. The van der Waals surface area contributed by atoms with E-state index in [2.05, 4.69) is 22.3 Å². The molecule has 7 nitrogen and oxygen atoms in total. The lowest BCUT2D eigenvalue weighted by Gasteiger charge is -2.35. The Morgan fingerprint density at radius 2 is 1.93 bits per heavy atom. The lowest BCUT2D eigenvalue weighted by atomic mass is 10.0. The van der Waals surface area contributed by atoms with Crippen molar-refractivity contribution < 1.29 is 14.4 Å². The van der Waals surface area contributed by atoms with E-state index in [1.54, 1.807) is 31.4 Å². The minimum absolute atomic E-state index is 0.119. The van der Waals surface area contributed by atoms with E-state index in [0.717, 1.165) is 38.6 Å². The number of hydrogen-bond donors (Lipinski definition) is 1. The number of morpholine rings is 1. The number of nitrogens with zero attached hydrogens (tertiary/aromatic N) is 2. The smallest absolute Gasteiger partial charge is 0.276 e. The van der Waals surface area contributed by atoms with Gasteiger partial charge in [-0.1, -0.05) is 36.4 Å². The van der Waals surface area contributed by atoms with Gasteiger partial charge in [-0.05, 0) is 23.8 Å². The Hall–Kier alpha value is -2.74. The topological polar surface area (TPSA) is 76.9 Å².